The fourth-order valence-electron chi connectivity index (χ4n) is 3.00. The number of benzene rings is 1. The van der Waals surface area contributed by atoms with Crippen molar-refractivity contribution in [3.63, 3.8) is 0 Å². The highest BCUT2D eigenvalue weighted by Crippen LogP contribution is 2.32. The minimum atomic E-state index is -1.18. The van der Waals surface area contributed by atoms with Gasteiger partial charge >= 0.3 is 6.09 Å². The lowest BCUT2D eigenvalue weighted by molar-refractivity contribution is -0.131. The molecular weight excluding hydrogens is 272 g/mol. The van der Waals surface area contributed by atoms with Crippen molar-refractivity contribution in [2.75, 3.05) is 23.7 Å². The molecule has 3 rings (SSSR count). The molecule has 1 aromatic carbocycles. The smallest absolute Gasteiger partial charge is 0.405 e. The van der Waals surface area contributed by atoms with Crippen molar-refractivity contribution in [2.45, 2.75) is 25.0 Å². The van der Waals surface area contributed by atoms with Crippen molar-refractivity contribution >= 4 is 23.4 Å². The number of hydrogen-bond acceptors (Lipinski definition) is 4. The number of fused-ring (bicyclic) bond motifs is 1. The first kappa shape index (κ1) is 13.5. The molecule has 1 aromatic rings. The van der Waals surface area contributed by atoms with E-state index in [9.17, 15) is 9.59 Å². The number of rotatable bonds is 3. The zero-order chi connectivity index (χ0) is 14.8. The van der Waals surface area contributed by atoms with Gasteiger partial charge in [-0.2, -0.15) is 0 Å². The van der Waals surface area contributed by atoms with Crippen molar-refractivity contribution in [3.05, 3.63) is 24.3 Å². The second-order valence-corrected chi connectivity index (χ2v) is 5.27. The maximum Gasteiger partial charge on any atom is 0.405 e. The lowest BCUT2D eigenvalue weighted by Crippen LogP contribution is -2.50. The van der Waals surface area contributed by atoms with Gasteiger partial charge in [-0.05, 0) is 25.0 Å². The molecule has 7 heteroatoms. The molecule has 21 heavy (non-hydrogen) atoms. The Hall–Kier alpha value is -2.44. The molecule has 0 unspecified atom stereocenters. The number of anilines is 2. The van der Waals surface area contributed by atoms with Crippen LogP contribution < -0.4 is 16.0 Å². The van der Waals surface area contributed by atoms with Gasteiger partial charge in [0.25, 0.3) is 0 Å². The van der Waals surface area contributed by atoms with Gasteiger partial charge in [0.2, 0.25) is 5.91 Å². The first-order valence-electron chi connectivity index (χ1n) is 7.03. The number of carboxylic acid groups (broad SMARTS) is 1. The summed E-state index contributed by atoms with van der Waals surface area (Å²) in [6.45, 7) is 0.493. The Morgan fingerprint density at radius 2 is 1.95 bits per heavy atom. The highest BCUT2D eigenvalue weighted by atomic mass is 16.4. The van der Waals surface area contributed by atoms with Gasteiger partial charge < -0.3 is 26.0 Å². The quantitative estimate of drug-likeness (QED) is 0.669. The Kier molecular flexibility index (Phi) is 3.55. The summed E-state index contributed by atoms with van der Waals surface area (Å²) in [5.74, 6) is -0.181. The summed E-state index contributed by atoms with van der Waals surface area (Å²) in [7, 11) is 0. The molecule has 2 aliphatic heterocycles. The van der Waals surface area contributed by atoms with Gasteiger partial charge in [-0.1, -0.05) is 12.1 Å². The third-order valence-electron chi connectivity index (χ3n) is 3.94. The first-order valence-corrected chi connectivity index (χ1v) is 7.03. The van der Waals surface area contributed by atoms with E-state index in [1.165, 1.54) is 0 Å². The molecule has 0 bridgehead atoms. The molecule has 1 fully saturated rings. The summed E-state index contributed by atoms with van der Waals surface area (Å²) < 4.78 is 0. The van der Waals surface area contributed by atoms with Crippen LogP contribution in [0.25, 0.3) is 0 Å². The van der Waals surface area contributed by atoms with Crippen LogP contribution in [0.4, 0.5) is 16.2 Å². The van der Waals surface area contributed by atoms with Gasteiger partial charge in [-0.15, -0.1) is 0 Å². The molecule has 2 amide bonds. The SMILES string of the molecule is O=C(O)NCC(=O)N1CCC[C@H]1C1Nc2ccccc2N1. The minimum Gasteiger partial charge on any atom is -0.465 e. The van der Waals surface area contributed by atoms with Gasteiger partial charge in [0.15, 0.2) is 0 Å². The van der Waals surface area contributed by atoms with Crippen LogP contribution in [0.5, 0.6) is 0 Å². The fourth-order valence-corrected chi connectivity index (χ4v) is 3.00. The number of hydrogen-bond donors (Lipinski definition) is 4. The summed E-state index contributed by atoms with van der Waals surface area (Å²) in [5, 5.41) is 17.5. The molecule has 0 spiro atoms. The molecule has 2 heterocycles. The molecule has 7 nitrogen and oxygen atoms in total. The van der Waals surface area contributed by atoms with Crippen LogP contribution in [0, 0.1) is 0 Å². The first-order chi connectivity index (χ1) is 10.1. The molecule has 0 saturated carbocycles. The van der Waals surface area contributed by atoms with Gasteiger partial charge in [0.1, 0.15) is 12.7 Å². The second kappa shape index (κ2) is 5.51. The van der Waals surface area contributed by atoms with E-state index in [-0.39, 0.29) is 24.7 Å². The number of likely N-dealkylation sites (tertiary alicyclic amines) is 1. The Bertz CT molecular complexity index is 538. The van der Waals surface area contributed by atoms with E-state index < -0.39 is 6.09 Å². The number of para-hydroxylation sites is 2. The van der Waals surface area contributed by atoms with Crippen molar-refractivity contribution in [2.24, 2.45) is 0 Å². The summed E-state index contributed by atoms with van der Waals surface area (Å²) in [4.78, 5) is 24.4. The minimum absolute atomic E-state index is 0.0282. The number of carbonyl (C=O) groups is 2. The Balaban J connectivity index is 1.65. The molecule has 112 valence electrons. The normalized spacial score (nSPS) is 20.6. The lowest BCUT2D eigenvalue weighted by atomic mass is 10.1. The van der Waals surface area contributed by atoms with Gasteiger partial charge in [-0.3, -0.25) is 4.79 Å². The predicted molar refractivity (Wildman–Crippen MR) is 78.2 cm³/mol. The summed E-state index contributed by atoms with van der Waals surface area (Å²) in [6, 6.07) is 7.94. The topological polar surface area (TPSA) is 93.7 Å². The highest BCUT2D eigenvalue weighted by molar-refractivity contribution is 5.83. The third kappa shape index (κ3) is 2.72. The van der Waals surface area contributed by atoms with Crippen molar-refractivity contribution in [1.82, 2.24) is 10.2 Å². The van der Waals surface area contributed by atoms with Gasteiger partial charge in [-0.25, -0.2) is 4.79 Å². The fraction of sp³-hybridized carbons (Fsp3) is 0.429. The molecule has 1 atom stereocenters. The average Bonchev–Trinajstić information content (AvgIpc) is 3.10. The van der Waals surface area contributed by atoms with Crippen LogP contribution in [0.15, 0.2) is 24.3 Å². The Morgan fingerprint density at radius 3 is 2.57 bits per heavy atom. The van der Waals surface area contributed by atoms with E-state index in [1.54, 1.807) is 4.90 Å². The van der Waals surface area contributed by atoms with E-state index in [1.807, 2.05) is 24.3 Å². The van der Waals surface area contributed by atoms with Crippen LogP contribution in [-0.2, 0) is 4.79 Å². The number of amides is 2. The number of nitrogens with one attached hydrogen (secondary N) is 3. The highest BCUT2D eigenvalue weighted by Gasteiger charge is 2.37. The van der Waals surface area contributed by atoms with Crippen molar-refractivity contribution in [3.8, 4) is 0 Å². The molecular formula is C14H18N4O3. The Morgan fingerprint density at radius 1 is 1.29 bits per heavy atom. The van der Waals surface area contributed by atoms with Crippen molar-refractivity contribution < 1.29 is 14.7 Å². The number of carbonyl (C=O) groups excluding carboxylic acids is 1. The number of nitrogens with zero attached hydrogens (tertiary/aromatic N) is 1. The van der Waals surface area contributed by atoms with Crippen LogP contribution in [0.3, 0.4) is 0 Å². The molecule has 0 radical (unpaired) electrons. The van der Waals surface area contributed by atoms with Crippen LogP contribution in [-0.4, -0.2) is 47.3 Å². The molecule has 0 aromatic heterocycles. The zero-order valence-electron chi connectivity index (χ0n) is 11.5. The maximum atomic E-state index is 12.1. The Labute approximate surface area is 122 Å². The molecule has 0 aliphatic carbocycles. The summed E-state index contributed by atoms with van der Waals surface area (Å²) in [6.07, 6.45) is 0.624. The van der Waals surface area contributed by atoms with Crippen LogP contribution >= 0.6 is 0 Å². The lowest BCUT2D eigenvalue weighted by Gasteiger charge is -2.30. The van der Waals surface area contributed by atoms with Gasteiger partial charge in [0, 0.05) is 6.54 Å². The van der Waals surface area contributed by atoms with E-state index in [0.29, 0.717) is 6.54 Å². The monoisotopic (exact) mass is 290 g/mol. The maximum absolute atomic E-state index is 12.1. The van der Waals surface area contributed by atoms with E-state index in [0.717, 1.165) is 24.2 Å². The van der Waals surface area contributed by atoms with Crippen LogP contribution in [0.1, 0.15) is 12.8 Å². The summed E-state index contributed by atoms with van der Waals surface area (Å²) >= 11 is 0. The molecule has 1 saturated heterocycles. The molecule has 2 aliphatic rings. The van der Waals surface area contributed by atoms with Crippen molar-refractivity contribution in [1.29, 1.82) is 0 Å². The molecule has 4 N–H and O–H groups in total. The van der Waals surface area contributed by atoms with E-state index in [2.05, 4.69) is 16.0 Å². The average molecular weight is 290 g/mol. The van der Waals surface area contributed by atoms with E-state index >= 15 is 0 Å². The van der Waals surface area contributed by atoms with Gasteiger partial charge in [0.05, 0.1) is 17.4 Å². The standard InChI is InChI=1S/C14H18N4O3/c19-12(8-15-14(20)21)18-7-3-6-11(18)13-16-9-4-1-2-5-10(9)17-13/h1-2,4-5,11,13,15-17H,3,6-8H2,(H,20,21)/t11-/m0/s1. The third-order valence-corrected chi connectivity index (χ3v) is 3.94. The van der Waals surface area contributed by atoms with Crippen LogP contribution in [0.2, 0.25) is 0 Å². The largest absolute Gasteiger partial charge is 0.465 e. The zero-order valence-corrected chi connectivity index (χ0v) is 11.5. The van der Waals surface area contributed by atoms with E-state index in [4.69, 9.17) is 5.11 Å². The predicted octanol–water partition coefficient (Wildman–Crippen LogP) is 1.11. The summed E-state index contributed by atoms with van der Waals surface area (Å²) in [5.41, 5.74) is 2.07. The second-order valence-electron chi connectivity index (χ2n) is 5.27.